The Kier molecular flexibility index (Phi) is 3.84. The quantitative estimate of drug-likeness (QED) is 0.888. The van der Waals surface area contributed by atoms with Gasteiger partial charge in [0.25, 0.3) is 0 Å². The second-order valence-electron chi connectivity index (χ2n) is 4.16. The van der Waals surface area contributed by atoms with Crippen LogP contribution in [0.1, 0.15) is 18.4 Å². The largest absolute Gasteiger partial charge is 0.481 e. The number of hydrogen-bond acceptors (Lipinski definition) is 4. The first-order chi connectivity index (χ1) is 9.09. The molecule has 2 aromatic rings. The number of halogens is 1. The van der Waals surface area contributed by atoms with Crippen molar-refractivity contribution in [3.05, 3.63) is 29.6 Å². The molecule has 1 aromatic heterocycles. The van der Waals surface area contributed by atoms with Crippen LogP contribution in [0.4, 0.5) is 4.39 Å². The number of tetrazole rings is 1. The van der Waals surface area contributed by atoms with Gasteiger partial charge in [-0.3, -0.25) is 4.79 Å². The molecule has 0 saturated carbocycles. The molecular weight excluding hydrogens is 251 g/mol. The van der Waals surface area contributed by atoms with Gasteiger partial charge in [0.05, 0.1) is 5.56 Å². The predicted molar refractivity (Wildman–Crippen MR) is 64.8 cm³/mol. The van der Waals surface area contributed by atoms with E-state index in [1.165, 1.54) is 4.68 Å². The van der Waals surface area contributed by atoms with Crippen molar-refractivity contribution in [3.8, 4) is 11.4 Å². The van der Waals surface area contributed by atoms with Crippen molar-refractivity contribution in [1.82, 2.24) is 20.2 Å². The molecule has 0 aliphatic carbocycles. The first kappa shape index (κ1) is 13.1. The van der Waals surface area contributed by atoms with Crippen LogP contribution in [-0.2, 0) is 11.3 Å². The van der Waals surface area contributed by atoms with Gasteiger partial charge in [-0.05, 0) is 35.4 Å². The average molecular weight is 264 g/mol. The average Bonchev–Trinajstić information content (AvgIpc) is 2.80. The molecule has 0 saturated heterocycles. The molecule has 0 bridgehead atoms. The van der Waals surface area contributed by atoms with Crippen molar-refractivity contribution in [1.29, 1.82) is 0 Å². The third kappa shape index (κ3) is 2.93. The maximum absolute atomic E-state index is 14.0. The highest BCUT2D eigenvalue weighted by atomic mass is 19.1. The molecule has 0 spiro atoms. The molecule has 7 heteroatoms. The van der Waals surface area contributed by atoms with Gasteiger partial charge >= 0.3 is 5.97 Å². The predicted octanol–water partition coefficient (Wildman–Crippen LogP) is 1.65. The fraction of sp³-hybridized carbons (Fsp3) is 0.333. The van der Waals surface area contributed by atoms with Crippen molar-refractivity contribution in [2.24, 2.45) is 0 Å². The van der Waals surface area contributed by atoms with E-state index >= 15 is 0 Å². The fourth-order valence-corrected chi connectivity index (χ4v) is 1.75. The summed E-state index contributed by atoms with van der Waals surface area (Å²) in [6, 6.07) is 4.99. The maximum atomic E-state index is 14.0. The summed E-state index contributed by atoms with van der Waals surface area (Å²) in [5.41, 5.74) is 0.831. The highest BCUT2D eigenvalue weighted by Gasteiger charge is 2.14. The highest BCUT2D eigenvalue weighted by molar-refractivity contribution is 5.66. The zero-order chi connectivity index (χ0) is 13.8. The molecule has 0 atom stereocenters. The molecule has 0 radical (unpaired) electrons. The van der Waals surface area contributed by atoms with Gasteiger partial charge in [0.1, 0.15) is 5.82 Å². The minimum Gasteiger partial charge on any atom is -0.481 e. The van der Waals surface area contributed by atoms with E-state index in [0.717, 1.165) is 0 Å². The summed E-state index contributed by atoms with van der Waals surface area (Å²) in [7, 11) is 0. The Bertz CT molecular complexity index is 597. The number of benzene rings is 1. The van der Waals surface area contributed by atoms with Crippen molar-refractivity contribution in [3.63, 3.8) is 0 Å². The lowest BCUT2D eigenvalue weighted by atomic mass is 10.1. The minimum atomic E-state index is -0.878. The Morgan fingerprint density at radius 2 is 2.26 bits per heavy atom. The van der Waals surface area contributed by atoms with Crippen LogP contribution in [0.3, 0.4) is 0 Å². The van der Waals surface area contributed by atoms with E-state index in [4.69, 9.17) is 5.11 Å². The molecule has 6 nitrogen and oxygen atoms in total. The lowest BCUT2D eigenvalue weighted by Gasteiger charge is -2.06. The van der Waals surface area contributed by atoms with Crippen LogP contribution >= 0.6 is 0 Å². The number of hydrogen-bond donors (Lipinski definition) is 1. The number of carbonyl (C=O) groups is 1. The second-order valence-corrected chi connectivity index (χ2v) is 4.16. The number of nitrogens with zero attached hydrogens (tertiary/aromatic N) is 4. The molecule has 1 heterocycles. The summed E-state index contributed by atoms with van der Waals surface area (Å²) >= 11 is 0. The minimum absolute atomic E-state index is 0.0234. The zero-order valence-electron chi connectivity index (χ0n) is 10.4. The Labute approximate surface area is 108 Å². The first-order valence-corrected chi connectivity index (χ1v) is 5.83. The molecule has 0 aliphatic heterocycles. The summed E-state index contributed by atoms with van der Waals surface area (Å²) in [5.74, 6) is -0.931. The Morgan fingerprint density at radius 3 is 3.00 bits per heavy atom. The van der Waals surface area contributed by atoms with Crippen LogP contribution in [0.25, 0.3) is 11.4 Å². The van der Waals surface area contributed by atoms with E-state index in [1.807, 2.05) is 0 Å². The Hall–Kier alpha value is -2.31. The van der Waals surface area contributed by atoms with Crippen molar-refractivity contribution >= 4 is 5.97 Å². The van der Waals surface area contributed by atoms with Gasteiger partial charge in [0.2, 0.25) is 0 Å². The number of aromatic nitrogens is 4. The lowest BCUT2D eigenvalue weighted by molar-refractivity contribution is -0.137. The van der Waals surface area contributed by atoms with Crippen LogP contribution < -0.4 is 0 Å². The molecule has 0 unspecified atom stereocenters. The molecule has 1 N–H and O–H groups in total. The summed E-state index contributed by atoms with van der Waals surface area (Å²) in [5, 5.41) is 19.7. The van der Waals surface area contributed by atoms with Crippen molar-refractivity contribution in [2.45, 2.75) is 26.3 Å². The van der Waals surface area contributed by atoms with E-state index in [-0.39, 0.29) is 12.2 Å². The number of aliphatic carboxylic acids is 1. The van der Waals surface area contributed by atoms with Crippen molar-refractivity contribution < 1.29 is 14.3 Å². The smallest absolute Gasteiger partial charge is 0.303 e. The molecule has 0 aliphatic rings. The second kappa shape index (κ2) is 5.55. The first-order valence-electron chi connectivity index (χ1n) is 5.83. The zero-order valence-corrected chi connectivity index (χ0v) is 10.4. The van der Waals surface area contributed by atoms with Gasteiger partial charge in [-0.1, -0.05) is 12.1 Å². The number of carboxylic acids is 1. The fourth-order valence-electron chi connectivity index (χ4n) is 1.75. The summed E-state index contributed by atoms with van der Waals surface area (Å²) in [6.07, 6.45) is 0.413. The van der Waals surface area contributed by atoms with Crippen LogP contribution in [0.15, 0.2) is 18.2 Å². The Morgan fingerprint density at radius 1 is 1.47 bits per heavy atom. The third-order valence-corrected chi connectivity index (χ3v) is 2.73. The Balaban J connectivity index is 2.24. The van der Waals surface area contributed by atoms with Crippen LogP contribution in [-0.4, -0.2) is 31.3 Å². The maximum Gasteiger partial charge on any atom is 0.303 e. The molecule has 0 fully saturated rings. The normalized spacial score (nSPS) is 10.6. The van der Waals surface area contributed by atoms with Crippen molar-refractivity contribution in [2.75, 3.05) is 0 Å². The summed E-state index contributed by atoms with van der Waals surface area (Å²) < 4.78 is 15.4. The van der Waals surface area contributed by atoms with E-state index in [2.05, 4.69) is 15.5 Å². The van der Waals surface area contributed by atoms with Gasteiger partial charge in [0, 0.05) is 13.0 Å². The number of rotatable bonds is 5. The van der Waals surface area contributed by atoms with E-state index in [9.17, 15) is 9.18 Å². The standard InChI is InChI=1S/C12H13FN4O2/c1-8-4-2-5-9(11(8)13)12-14-15-16-17(12)7-3-6-10(18)19/h2,4-5H,3,6-7H2,1H3,(H,18,19). The molecule has 1 aromatic carbocycles. The molecule has 100 valence electrons. The van der Waals surface area contributed by atoms with Gasteiger partial charge in [-0.15, -0.1) is 5.10 Å². The summed E-state index contributed by atoms with van der Waals surface area (Å²) in [4.78, 5) is 10.5. The number of carboxylic acid groups (broad SMARTS) is 1. The lowest BCUT2D eigenvalue weighted by Crippen LogP contribution is -2.06. The molecular formula is C12H13FN4O2. The third-order valence-electron chi connectivity index (χ3n) is 2.73. The molecule has 19 heavy (non-hydrogen) atoms. The number of aryl methyl sites for hydroxylation is 2. The SMILES string of the molecule is Cc1cccc(-c2nnnn2CCCC(=O)O)c1F. The van der Waals surface area contributed by atoms with Gasteiger partial charge in [0.15, 0.2) is 5.82 Å². The van der Waals surface area contributed by atoms with Crippen LogP contribution in [0.2, 0.25) is 0 Å². The van der Waals surface area contributed by atoms with E-state index in [1.54, 1.807) is 25.1 Å². The topological polar surface area (TPSA) is 80.9 Å². The van der Waals surface area contributed by atoms with Gasteiger partial charge in [-0.2, -0.15) is 0 Å². The van der Waals surface area contributed by atoms with Gasteiger partial charge in [-0.25, -0.2) is 9.07 Å². The van der Waals surface area contributed by atoms with Gasteiger partial charge < -0.3 is 5.11 Å². The van der Waals surface area contributed by atoms with E-state index < -0.39 is 5.97 Å². The molecule has 2 rings (SSSR count). The van der Waals surface area contributed by atoms with Crippen LogP contribution in [0.5, 0.6) is 0 Å². The highest BCUT2D eigenvalue weighted by Crippen LogP contribution is 2.22. The summed E-state index contributed by atoms with van der Waals surface area (Å²) in [6.45, 7) is 2.00. The monoisotopic (exact) mass is 264 g/mol. The molecule has 0 amide bonds. The van der Waals surface area contributed by atoms with Crippen LogP contribution in [0, 0.1) is 12.7 Å². The van der Waals surface area contributed by atoms with E-state index in [0.29, 0.717) is 29.9 Å².